The number of pyridine rings is 1. The molecule has 0 atom stereocenters. The number of aromatic hydroxyl groups is 1. The molecule has 0 radical (unpaired) electrons. The standard InChI is InChI=1S/C35H34FN7O4/c1-22-6-5-7-23-17-26(20-39-34-31(33(38-2)40-21-41-34)32(37)24-16-25(36)19-27(44)18-24)43(35(45)30(22)23)28-8-3-4-9-29(28)47-15-12-42-10-13-46-14-11-42/h3-9,16-19,21,37,44H,2,10-15,20H2,1H3,(H,39,40,41)/p+1. The van der Waals surface area contributed by atoms with Crippen molar-refractivity contribution in [3.8, 4) is 17.2 Å². The maximum Gasteiger partial charge on any atom is 0.263 e. The van der Waals surface area contributed by atoms with E-state index in [9.17, 15) is 14.3 Å². The normalized spacial score (nSPS) is 13.4. The second-order valence-corrected chi connectivity index (χ2v) is 11.1. The van der Waals surface area contributed by atoms with Gasteiger partial charge in [-0.05, 0) is 54.9 Å². The Bertz CT molecular complexity index is 2000. The number of nitrogens with two attached hydrogens (primary N) is 1. The van der Waals surface area contributed by atoms with Gasteiger partial charge in [-0.25, -0.2) is 19.4 Å². The average molecular weight is 637 g/mol. The molecule has 47 heavy (non-hydrogen) atoms. The highest BCUT2D eigenvalue weighted by atomic mass is 19.1. The number of fused-ring (bicyclic) bond motifs is 1. The van der Waals surface area contributed by atoms with Crippen LogP contribution in [0.25, 0.3) is 16.5 Å². The van der Waals surface area contributed by atoms with Crippen molar-refractivity contribution in [1.82, 2.24) is 19.4 Å². The summed E-state index contributed by atoms with van der Waals surface area (Å²) >= 11 is 0. The minimum absolute atomic E-state index is 0.0795. The first-order chi connectivity index (χ1) is 22.8. The molecule has 2 aromatic heterocycles. The molecule has 0 spiro atoms. The van der Waals surface area contributed by atoms with Crippen molar-refractivity contribution in [2.75, 3.05) is 44.8 Å². The number of rotatable bonds is 11. The fourth-order valence-corrected chi connectivity index (χ4v) is 5.78. The van der Waals surface area contributed by atoms with Crippen LogP contribution in [0, 0.1) is 12.7 Å². The van der Waals surface area contributed by atoms with Gasteiger partial charge in [-0.2, -0.15) is 0 Å². The highest BCUT2D eigenvalue weighted by Crippen LogP contribution is 2.29. The van der Waals surface area contributed by atoms with Crippen molar-refractivity contribution in [2.24, 2.45) is 4.99 Å². The first kappa shape index (κ1) is 31.5. The number of hydrogen-bond acceptors (Lipinski definition) is 9. The Morgan fingerprint density at radius 2 is 1.94 bits per heavy atom. The predicted molar refractivity (Wildman–Crippen MR) is 179 cm³/mol. The quantitative estimate of drug-likeness (QED) is 0.188. The highest BCUT2D eigenvalue weighted by molar-refractivity contribution is 6.14. The number of aliphatic imine (C=N–C) groups is 1. The van der Waals surface area contributed by atoms with Crippen molar-refractivity contribution in [1.29, 1.82) is 0 Å². The van der Waals surface area contributed by atoms with Gasteiger partial charge in [0.05, 0.1) is 36.4 Å². The van der Waals surface area contributed by atoms with E-state index in [0.717, 1.165) is 36.7 Å². The lowest BCUT2D eigenvalue weighted by Gasteiger charge is -2.26. The van der Waals surface area contributed by atoms with E-state index in [1.807, 2.05) is 55.5 Å². The molecule has 1 fully saturated rings. The van der Waals surface area contributed by atoms with E-state index in [1.54, 1.807) is 4.57 Å². The van der Waals surface area contributed by atoms with Gasteiger partial charge in [-0.15, -0.1) is 0 Å². The van der Waals surface area contributed by atoms with Crippen molar-refractivity contribution < 1.29 is 24.4 Å². The summed E-state index contributed by atoms with van der Waals surface area (Å²) in [6.45, 7) is 9.92. The van der Waals surface area contributed by atoms with Crippen LogP contribution in [-0.4, -0.2) is 76.4 Å². The second-order valence-electron chi connectivity index (χ2n) is 11.1. The van der Waals surface area contributed by atoms with Crippen LogP contribution in [0.2, 0.25) is 0 Å². The third-order valence-corrected chi connectivity index (χ3v) is 8.08. The van der Waals surface area contributed by atoms with E-state index in [4.69, 9.17) is 14.9 Å². The molecule has 240 valence electrons. The molecule has 0 unspecified atom stereocenters. The second kappa shape index (κ2) is 13.9. The Morgan fingerprint density at radius 1 is 1.13 bits per heavy atom. The molecule has 1 saturated heterocycles. The minimum Gasteiger partial charge on any atom is -0.508 e. The Hall–Kier alpha value is -5.46. The maximum atomic E-state index is 14.3. The summed E-state index contributed by atoms with van der Waals surface area (Å²) in [4.78, 5) is 29.2. The fraction of sp³-hybridized carbons (Fsp3) is 0.229. The number of halogens is 1. The van der Waals surface area contributed by atoms with Gasteiger partial charge in [0.1, 0.15) is 41.6 Å². The minimum atomic E-state index is -0.663. The molecule has 3 heterocycles. The Balaban J connectivity index is 1.39. The van der Waals surface area contributed by atoms with Crippen LogP contribution in [0.1, 0.15) is 22.4 Å². The smallest absolute Gasteiger partial charge is 0.263 e. The third kappa shape index (κ3) is 6.74. The molecule has 5 aromatic rings. The van der Waals surface area contributed by atoms with Gasteiger partial charge in [-0.3, -0.25) is 19.7 Å². The molecule has 0 bridgehead atoms. The van der Waals surface area contributed by atoms with Crippen molar-refractivity contribution in [3.63, 3.8) is 0 Å². The zero-order chi connectivity index (χ0) is 32.9. The molecule has 0 aliphatic carbocycles. The van der Waals surface area contributed by atoms with E-state index >= 15 is 0 Å². The van der Waals surface area contributed by atoms with Gasteiger partial charge in [-0.1, -0.05) is 30.3 Å². The zero-order valence-electron chi connectivity index (χ0n) is 25.9. The van der Waals surface area contributed by atoms with Gasteiger partial charge in [0.15, 0.2) is 5.82 Å². The van der Waals surface area contributed by atoms with Crippen LogP contribution in [0.15, 0.2) is 82.8 Å². The largest absolute Gasteiger partial charge is 0.508 e. The number of para-hydroxylation sites is 2. The van der Waals surface area contributed by atoms with E-state index < -0.39 is 5.82 Å². The van der Waals surface area contributed by atoms with Crippen LogP contribution < -0.4 is 21.0 Å². The lowest BCUT2D eigenvalue weighted by molar-refractivity contribution is -0.111. The molecule has 3 aromatic carbocycles. The van der Waals surface area contributed by atoms with Crippen molar-refractivity contribution >= 4 is 34.8 Å². The summed E-state index contributed by atoms with van der Waals surface area (Å²) in [7, 11) is 0. The molecule has 11 nitrogen and oxygen atoms in total. The molecule has 4 N–H and O–H groups in total. The molecule has 12 heteroatoms. The summed E-state index contributed by atoms with van der Waals surface area (Å²) in [6.07, 6.45) is 1.31. The van der Waals surface area contributed by atoms with E-state index in [0.29, 0.717) is 42.3 Å². The molecule has 0 saturated carbocycles. The van der Waals surface area contributed by atoms with Crippen molar-refractivity contribution in [2.45, 2.75) is 13.5 Å². The predicted octanol–water partition coefficient (Wildman–Crippen LogP) is 3.19. The lowest BCUT2D eigenvalue weighted by Crippen LogP contribution is -2.41. The number of phenolic OH excluding ortho intramolecular Hbond substituents is 1. The number of benzene rings is 3. The van der Waals surface area contributed by atoms with E-state index in [1.165, 1.54) is 18.5 Å². The summed E-state index contributed by atoms with van der Waals surface area (Å²) < 4.78 is 27.6. The first-order valence-corrected chi connectivity index (χ1v) is 15.2. The van der Waals surface area contributed by atoms with E-state index in [-0.39, 0.29) is 46.3 Å². The van der Waals surface area contributed by atoms with Gasteiger partial charge >= 0.3 is 0 Å². The average Bonchev–Trinajstić information content (AvgIpc) is 3.07. The number of nitrogens with one attached hydrogen (secondary N) is 1. The zero-order valence-corrected chi connectivity index (χ0v) is 25.9. The van der Waals surface area contributed by atoms with Gasteiger partial charge < -0.3 is 19.9 Å². The topological polar surface area (TPSA) is 140 Å². The van der Waals surface area contributed by atoms with Crippen LogP contribution in [0.5, 0.6) is 11.5 Å². The number of anilines is 1. The SMILES string of the molecule is C=Nc1ncnc(NCc2cc3cccc(C)c3c(=O)n2-c2ccccc2OCCN2CCOCC2)c1C(=[NH2+])c1cc(O)cc(F)c1. The molecule has 1 aliphatic heterocycles. The van der Waals surface area contributed by atoms with Gasteiger partial charge in [0.25, 0.3) is 5.56 Å². The number of hydrogen-bond donors (Lipinski definition) is 3. The first-order valence-electron chi connectivity index (χ1n) is 15.2. The van der Waals surface area contributed by atoms with E-state index in [2.05, 4.69) is 31.9 Å². The number of nitrogens with zero attached hydrogens (tertiary/aromatic N) is 5. The Kier molecular flexibility index (Phi) is 9.32. The summed E-state index contributed by atoms with van der Waals surface area (Å²) in [5, 5.41) is 21.2. The van der Waals surface area contributed by atoms with Gasteiger partial charge in [0.2, 0.25) is 5.71 Å². The Labute approximate surface area is 270 Å². The maximum absolute atomic E-state index is 14.3. The number of aryl methyl sites for hydroxylation is 1. The molecular weight excluding hydrogens is 601 g/mol. The summed E-state index contributed by atoms with van der Waals surface area (Å²) in [5.74, 6) is 0.0603. The van der Waals surface area contributed by atoms with Crippen LogP contribution in [0.4, 0.5) is 16.0 Å². The number of phenols is 1. The molecule has 0 amide bonds. The fourth-order valence-electron chi connectivity index (χ4n) is 5.78. The highest BCUT2D eigenvalue weighted by Gasteiger charge is 2.24. The monoisotopic (exact) mass is 636 g/mol. The number of ether oxygens (including phenoxy) is 2. The number of morpholine rings is 1. The summed E-state index contributed by atoms with van der Waals surface area (Å²) in [5.41, 5.74) is 2.44. The number of aromatic nitrogens is 3. The lowest BCUT2D eigenvalue weighted by atomic mass is 10.0. The van der Waals surface area contributed by atoms with Crippen LogP contribution in [0.3, 0.4) is 0 Å². The summed E-state index contributed by atoms with van der Waals surface area (Å²) in [6, 6.07) is 18.6. The Morgan fingerprint density at radius 3 is 2.72 bits per heavy atom. The van der Waals surface area contributed by atoms with Crippen LogP contribution >= 0.6 is 0 Å². The molecule has 1 aliphatic rings. The molecular formula is C35H35FN7O4+. The molecule has 6 rings (SSSR count). The third-order valence-electron chi connectivity index (χ3n) is 8.08. The van der Waals surface area contributed by atoms with Gasteiger partial charge in [0, 0.05) is 31.4 Å². The van der Waals surface area contributed by atoms with Crippen LogP contribution in [-0.2, 0) is 11.3 Å². The van der Waals surface area contributed by atoms with Crippen molar-refractivity contribution in [3.05, 3.63) is 112 Å².